The third kappa shape index (κ3) is 1.74. The van der Waals surface area contributed by atoms with Gasteiger partial charge in [0.15, 0.2) is 0 Å². The number of esters is 1. The Balaban J connectivity index is 1.35. The molecule has 6 bridgehead atoms. The van der Waals surface area contributed by atoms with Gasteiger partial charge in [0.2, 0.25) is 0 Å². The Morgan fingerprint density at radius 3 is 2.14 bits per heavy atom. The van der Waals surface area contributed by atoms with E-state index in [1.807, 2.05) is 0 Å². The summed E-state index contributed by atoms with van der Waals surface area (Å²) in [6.07, 6.45) is 13.5. The van der Waals surface area contributed by atoms with Crippen LogP contribution in [0.2, 0.25) is 0 Å². The monoisotopic (exact) mass is 286 g/mol. The third-order valence-electron chi connectivity index (χ3n) is 7.66. The molecular formula is C19H26O2. The molecule has 5 fully saturated rings. The van der Waals surface area contributed by atoms with Gasteiger partial charge in [-0.1, -0.05) is 12.2 Å². The van der Waals surface area contributed by atoms with Crippen molar-refractivity contribution in [1.29, 1.82) is 0 Å². The zero-order chi connectivity index (χ0) is 14.2. The molecule has 5 saturated carbocycles. The number of allylic oxidation sites excluding steroid dienone is 2. The maximum Gasteiger partial charge on any atom is 0.310 e. The fourth-order valence-electron chi connectivity index (χ4n) is 6.63. The number of fused-ring (bicyclic) bond motifs is 2. The van der Waals surface area contributed by atoms with Crippen molar-refractivity contribution in [2.45, 2.75) is 57.5 Å². The number of hydrogen-bond acceptors (Lipinski definition) is 2. The highest BCUT2D eigenvalue weighted by Crippen LogP contribution is 2.60. The van der Waals surface area contributed by atoms with E-state index in [2.05, 4.69) is 19.1 Å². The van der Waals surface area contributed by atoms with Crippen LogP contribution in [0.25, 0.3) is 0 Å². The van der Waals surface area contributed by atoms with Gasteiger partial charge in [-0.25, -0.2) is 0 Å². The molecule has 114 valence electrons. The summed E-state index contributed by atoms with van der Waals surface area (Å²) >= 11 is 0. The minimum Gasteiger partial charge on any atom is -0.459 e. The Bertz CT molecular complexity index is 478. The molecule has 0 radical (unpaired) electrons. The van der Waals surface area contributed by atoms with Crippen molar-refractivity contribution in [3.05, 3.63) is 12.2 Å². The molecule has 0 aliphatic heterocycles. The summed E-state index contributed by atoms with van der Waals surface area (Å²) in [5, 5.41) is 0. The molecule has 0 saturated heterocycles. The highest BCUT2D eigenvalue weighted by molar-refractivity contribution is 5.74. The average Bonchev–Trinajstić information content (AvgIpc) is 3.07. The fourth-order valence-corrected chi connectivity index (χ4v) is 6.63. The minimum atomic E-state index is -0.143. The molecule has 2 heteroatoms. The number of carbonyl (C=O) groups excluding carboxylic acids is 1. The Morgan fingerprint density at radius 1 is 0.952 bits per heavy atom. The lowest BCUT2D eigenvalue weighted by Crippen LogP contribution is -2.58. The van der Waals surface area contributed by atoms with Crippen LogP contribution in [0.3, 0.4) is 0 Å². The van der Waals surface area contributed by atoms with Gasteiger partial charge in [-0.2, -0.15) is 0 Å². The van der Waals surface area contributed by atoms with Gasteiger partial charge in [0.05, 0.1) is 5.92 Å². The van der Waals surface area contributed by atoms with E-state index < -0.39 is 0 Å². The van der Waals surface area contributed by atoms with E-state index >= 15 is 0 Å². The highest BCUT2D eigenvalue weighted by Gasteiger charge is 2.57. The van der Waals surface area contributed by atoms with Gasteiger partial charge in [0, 0.05) is 0 Å². The molecule has 0 aromatic rings. The van der Waals surface area contributed by atoms with Gasteiger partial charge in [0.1, 0.15) is 5.60 Å². The summed E-state index contributed by atoms with van der Waals surface area (Å²) in [6.45, 7) is 2.26. The third-order valence-corrected chi connectivity index (χ3v) is 7.66. The van der Waals surface area contributed by atoms with Crippen LogP contribution in [-0.4, -0.2) is 11.6 Å². The molecular weight excluding hydrogens is 260 g/mol. The van der Waals surface area contributed by atoms with Crippen LogP contribution in [0, 0.1) is 41.4 Å². The van der Waals surface area contributed by atoms with Crippen LogP contribution in [0.15, 0.2) is 12.2 Å². The van der Waals surface area contributed by atoms with Gasteiger partial charge in [-0.15, -0.1) is 0 Å². The van der Waals surface area contributed by atoms with E-state index in [9.17, 15) is 4.79 Å². The standard InChI is InChI=1S/C19H26O2/c1-19(15-6-12-4-13(8-15)9-16(19)7-12)21-18(20)17-10-11-2-3-14(17)5-11/h2-3,11-17H,4-10H2,1H3/t11-,12?,13?,14+,15?,16?,17-,19?/m1/s1. The summed E-state index contributed by atoms with van der Waals surface area (Å²) in [4.78, 5) is 12.8. The lowest BCUT2D eigenvalue weighted by Gasteiger charge is -2.59. The largest absolute Gasteiger partial charge is 0.459 e. The van der Waals surface area contributed by atoms with Gasteiger partial charge in [-0.3, -0.25) is 4.79 Å². The Hall–Kier alpha value is -0.790. The summed E-state index contributed by atoms with van der Waals surface area (Å²) in [6, 6.07) is 0. The predicted molar refractivity (Wildman–Crippen MR) is 80.4 cm³/mol. The van der Waals surface area contributed by atoms with Crippen LogP contribution in [-0.2, 0) is 9.53 Å². The van der Waals surface area contributed by atoms with Gasteiger partial charge < -0.3 is 4.74 Å². The van der Waals surface area contributed by atoms with Crippen molar-refractivity contribution in [2.24, 2.45) is 41.4 Å². The van der Waals surface area contributed by atoms with Crippen molar-refractivity contribution < 1.29 is 9.53 Å². The van der Waals surface area contributed by atoms with E-state index in [1.54, 1.807) is 0 Å². The molecule has 21 heavy (non-hydrogen) atoms. The second-order valence-corrected chi connectivity index (χ2v) is 8.80. The number of carbonyl (C=O) groups is 1. The highest BCUT2D eigenvalue weighted by atomic mass is 16.6. The molecule has 2 nitrogen and oxygen atoms in total. The van der Waals surface area contributed by atoms with E-state index in [1.165, 1.54) is 38.5 Å². The normalized spacial score (nSPS) is 56.1. The first-order valence-electron chi connectivity index (χ1n) is 9.03. The molecule has 6 aliphatic carbocycles. The maximum absolute atomic E-state index is 12.8. The lowest BCUT2D eigenvalue weighted by molar-refractivity contribution is -0.207. The smallest absolute Gasteiger partial charge is 0.310 e. The van der Waals surface area contributed by atoms with Crippen molar-refractivity contribution in [1.82, 2.24) is 0 Å². The topological polar surface area (TPSA) is 26.3 Å². The van der Waals surface area contributed by atoms with Crippen LogP contribution in [0.1, 0.15) is 51.9 Å². The number of hydrogen-bond donors (Lipinski definition) is 0. The van der Waals surface area contributed by atoms with Crippen LogP contribution < -0.4 is 0 Å². The van der Waals surface area contributed by atoms with Crippen molar-refractivity contribution in [2.75, 3.05) is 0 Å². The van der Waals surface area contributed by atoms with Gasteiger partial charge in [-0.05, 0) is 87.4 Å². The Labute approximate surface area is 127 Å². The average molecular weight is 286 g/mol. The zero-order valence-corrected chi connectivity index (χ0v) is 13.0. The molecule has 0 N–H and O–H groups in total. The zero-order valence-electron chi connectivity index (χ0n) is 13.0. The first-order valence-corrected chi connectivity index (χ1v) is 9.03. The van der Waals surface area contributed by atoms with Crippen molar-refractivity contribution in [3.8, 4) is 0 Å². The van der Waals surface area contributed by atoms with E-state index in [0.29, 0.717) is 23.7 Å². The molecule has 0 spiro atoms. The van der Waals surface area contributed by atoms with Crippen molar-refractivity contribution >= 4 is 5.97 Å². The number of ether oxygens (including phenoxy) is 1. The first-order chi connectivity index (χ1) is 10.1. The second-order valence-electron chi connectivity index (χ2n) is 8.80. The Kier molecular flexibility index (Phi) is 2.51. The molecule has 0 heterocycles. The summed E-state index contributed by atoms with van der Waals surface area (Å²) < 4.78 is 6.28. The second kappa shape index (κ2) is 4.14. The molecule has 6 aliphatic rings. The molecule has 0 unspecified atom stereocenters. The molecule has 0 aromatic carbocycles. The molecule has 0 amide bonds. The van der Waals surface area contributed by atoms with E-state index in [4.69, 9.17) is 4.74 Å². The van der Waals surface area contributed by atoms with Crippen LogP contribution in [0.4, 0.5) is 0 Å². The quantitative estimate of drug-likeness (QED) is 0.567. The van der Waals surface area contributed by atoms with Crippen molar-refractivity contribution in [3.63, 3.8) is 0 Å². The summed E-state index contributed by atoms with van der Waals surface area (Å²) in [7, 11) is 0. The lowest BCUT2D eigenvalue weighted by atomic mass is 9.50. The predicted octanol–water partition coefficient (Wildman–Crippen LogP) is 3.96. The number of rotatable bonds is 2. The Morgan fingerprint density at radius 2 is 1.62 bits per heavy atom. The first kappa shape index (κ1) is 12.7. The molecule has 3 atom stereocenters. The van der Waals surface area contributed by atoms with Crippen LogP contribution >= 0.6 is 0 Å². The van der Waals surface area contributed by atoms with E-state index in [0.717, 1.165) is 18.3 Å². The summed E-state index contributed by atoms with van der Waals surface area (Å²) in [5.74, 6) is 4.57. The van der Waals surface area contributed by atoms with Gasteiger partial charge >= 0.3 is 5.97 Å². The minimum absolute atomic E-state index is 0.127. The van der Waals surface area contributed by atoms with E-state index in [-0.39, 0.29) is 17.5 Å². The molecule has 0 aromatic heterocycles. The van der Waals surface area contributed by atoms with Crippen LogP contribution in [0.5, 0.6) is 0 Å². The fraction of sp³-hybridized carbons (Fsp3) is 0.842. The van der Waals surface area contributed by atoms with Gasteiger partial charge in [0.25, 0.3) is 0 Å². The maximum atomic E-state index is 12.8. The molecule has 6 rings (SSSR count). The summed E-state index contributed by atoms with van der Waals surface area (Å²) in [5.41, 5.74) is -0.143. The SMILES string of the molecule is CC1(OC(=O)[C@@H]2C[C@@H]3C=C[C@H]2C3)C2CC3CC(C2)CC1C3.